The molecule has 2 heterocycles. The van der Waals surface area contributed by atoms with E-state index in [9.17, 15) is 4.79 Å². The summed E-state index contributed by atoms with van der Waals surface area (Å²) >= 11 is 1.42. The molecule has 3 rings (SSSR count). The van der Waals surface area contributed by atoms with Crippen LogP contribution in [0, 0.1) is 6.92 Å². The third-order valence-corrected chi connectivity index (χ3v) is 4.06. The molecule has 0 saturated carbocycles. The highest BCUT2D eigenvalue weighted by Crippen LogP contribution is 2.29. The van der Waals surface area contributed by atoms with Crippen LogP contribution in [0.25, 0.3) is 10.2 Å². The maximum Gasteiger partial charge on any atom is 0.275 e. The van der Waals surface area contributed by atoms with Gasteiger partial charge in [-0.15, -0.1) is 0 Å². The molecule has 0 bridgehead atoms. The highest BCUT2D eigenvalue weighted by Gasteiger charge is 2.14. The fourth-order valence-corrected chi connectivity index (χ4v) is 3.09. The number of carbonyl (C=O) groups excluding carboxylic acids is 1. The summed E-state index contributed by atoms with van der Waals surface area (Å²) in [6.07, 6.45) is 0. The molecular formula is C15H16N4O2S. The standard InChI is InChI=1S/C15H16N4O2S/c1-4-21-10-5-6-11-13(8-10)22-15(16-11)17-14(20)12-7-9(2)18-19(12)3/h5-8H,4H2,1-3H3,(H,16,17,20). The predicted octanol–water partition coefficient (Wildman–Crippen LogP) is 2.99. The first-order chi connectivity index (χ1) is 10.6. The fraction of sp³-hybridized carbons (Fsp3) is 0.267. The van der Waals surface area contributed by atoms with Gasteiger partial charge in [0.2, 0.25) is 0 Å². The summed E-state index contributed by atoms with van der Waals surface area (Å²) in [5, 5.41) is 7.55. The van der Waals surface area contributed by atoms with Gasteiger partial charge in [-0.05, 0) is 38.1 Å². The summed E-state index contributed by atoms with van der Waals surface area (Å²) in [7, 11) is 1.74. The van der Waals surface area contributed by atoms with E-state index in [4.69, 9.17) is 4.74 Å². The molecule has 1 aromatic carbocycles. The molecule has 2 aromatic heterocycles. The van der Waals surface area contributed by atoms with Gasteiger partial charge in [0, 0.05) is 7.05 Å². The first kappa shape index (κ1) is 14.5. The molecule has 0 atom stereocenters. The van der Waals surface area contributed by atoms with Crippen molar-refractivity contribution in [3.05, 3.63) is 35.7 Å². The number of hydrogen-bond acceptors (Lipinski definition) is 5. The number of carbonyl (C=O) groups is 1. The van der Waals surface area contributed by atoms with Gasteiger partial charge in [0.1, 0.15) is 11.4 Å². The van der Waals surface area contributed by atoms with Gasteiger partial charge in [-0.2, -0.15) is 5.10 Å². The third-order valence-electron chi connectivity index (χ3n) is 3.13. The first-order valence-electron chi connectivity index (χ1n) is 6.92. The maximum atomic E-state index is 12.3. The van der Waals surface area contributed by atoms with Crippen molar-refractivity contribution in [1.82, 2.24) is 14.8 Å². The Kier molecular flexibility index (Phi) is 3.81. The van der Waals surface area contributed by atoms with Crippen molar-refractivity contribution in [2.24, 2.45) is 7.05 Å². The predicted molar refractivity (Wildman–Crippen MR) is 86.7 cm³/mol. The van der Waals surface area contributed by atoms with E-state index < -0.39 is 0 Å². The van der Waals surface area contributed by atoms with Crippen molar-refractivity contribution >= 4 is 32.6 Å². The van der Waals surface area contributed by atoms with E-state index in [-0.39, 0.29) is 5.91 Å². The number of nitrogens with zero attached hydrogens (tertiary/aromatic N) is 3. The molecule has 7 heteroatoms. The number of aromatic nitrogens is 3. The zero-order valence-corrected chi connectivity index (χ0v) is 13.4. The lowest BCUT2D eigenvalue weighted by Gasteiger charge is -2.00. The van der Waals surface area contributed by atoms with Gasteiger partial charge in [0.25, 0.3) is 5.91 Å². The molecule has 0 saturated heterocycles. The molecule has 1 amide bonds. The molecule has 22 heavy (non-hydrogen) atoms. The molecule has 0 radical (unpaired) electrons. The SMILES string of the molecule is CCOc1ccc2nc(NC(=O)c3cc(C)nn3C)sc2c1. The number of aryl methyl sites for hydroxylation is 2. The van der Waals surface area contributed by atoms with Crippen LogP contribution in [0.1, 0.15) is 23.1 Å². The highest BCUT2D eigenvalue weighted by molar-refractivity contribution is 7.22. The van der Waals surface area contributed by atoms with Gasteiger partial charge in [0.15, 0.2) is 5.13 Å². The Morgan fingerprint density at radius 2 is 2.23 bits per heavy atom. The minimum absolute atomic E-state index is 0.216. The molecule has 0 aliphatic rings. The molecule has 0 fully saturated rings. The van der Waals surface area contributed by atoms with Crippen molar-refractivity contribution < 1.29 is 9.53 Å². The normalized spacial score (nSPS) is 10.9. The molecule has 0 unspecified atom stereocenters. The van der Waals surface area contributed by atoms with Crippen LogP contribution in [-0.2, 0) is 7.05 Å². The number of hydrogen-bond donors (Lipinski definition) is 1. The fourth-order valence-electron chi connectivity index (χ4n) is 2.20. The second-order valence-corrected chi connectivity index (χ2v) is 5.86. The highest BCUT2D eigenvalue weighted by atomic mass is 32.1. The van der Waals surface area contributed by atoms with E-state index in [1.165, 1.54) is 11.3 Å². The number of anilines is 1. The second-order valence-electron chi connectivity index (χ2n) is 4.83. The van der Waals surface area contributed by atoms with Gasteiger partial charge in [-0.1, -0.05) is 11.3 Å². The van der Waals surface area contributed by atoms with E-state index >= 15 is 0 Å². The zero-order valence-electron chi connectivity index (χ0n) is 12.6. The first-order valence-corrected chi connectivity index (χ1v) is 7.74. The van der Waals surface area contributed by atoms with Crippen LogP contribution in [0.3, 0.4) is 0 Å². The van der Waals surface area contributed by atoms with Gasteiger partial charge in [-0.25, -0.2) is 4.98 Å². The monoisotopic (exact) mass is 316 g/mol. The number of ether oxygens (including phenoxy) is 1. The maximum absolute atomic E-state index is 12.3. The lowest BCUT2D eigenvalue weighted by Crippen LogP contribution is -2.15. The Bertz CT molecular complexity index is 837. The number of nitrogens with one attached hydrogen (secondary N) is 1. The summed E-state index contributed by atoms with van der Waals surface area (Å²) < 4.78 is 8.01. The minimum Gasteiger partial charge on any atom is -0.494 e. The van der Waals surface area contributed by atoms with Crippen LogP contribution in [0.5, 0.6) is 5.75 Å². The molecular weight excluding hydrogens is 300 g/mol. The van der Waals surface area contributed by atoms with E-state index in [1.807, 2.05) is 32.0 Å². The quantitative estimate of drug-likeness (QED) is 0.803. The summed E-state index contributed by atoms with van der Waals surface area (Å²) in [6, 6.07) is 7.44. The third kappa shape index (κ3) is 2.80. The Labute approximate surface area is 131 Å². The van der Waals surface area contributed by atoms with Crippen LogP contribution in [-0.4, -0.2) is 27.3 Å². The largest absolute Gasteiger partial charge is 0.494 e. The number of benzene rings is 1. The molecule has 0 aliphatic carbocycles. The lowest BCUT2D eigenvalue weighted by atomic mass is 10.3. The van der Waals surface area contributed by atoms with Gasteiger partial charge in [0.05, 0.1) is 22.5 Å². The van der Waals surface area contributed by atoms with E-state index in [0.717, 1.165) is 21.7 Å². The average molecular weight is 316 g/mol. The number of amides is 1. The zero-order chi connectivity index (χ0) is 15.7. The second kappa shape index (κ2) is 5.76. The van der Waals surface area contributed by atoms with Crippen LogP contribution < -0.4 is 10.1 Å². The van der Waals surface area contributed by atoms with Crippen molar-refractivity contribution in [3.8, 4) is 5.75 Å². The van der Waals surface area contributed by atoms with E-state index in [0.29, 0.717) is 17.4 Å². The molecule has 114 valence electrons. The molecule has 0 aliphatic heterocycles. The summed E-state index contributed by atoms with van der Waals surface area (Å²) in [5.41, 5.74) is 2.15. The van der Waals surface area contributed by atoms with Crippen molar-refractivity contribution in [1.29, 1.82) is 0 Å². The van der Waals surface area contributed by atoms with Crippen molar-refractivity contribution in [2.45, 2.75) is 13.8 Å². The van der Waals surface area contributed by atoms with Crippen LogP contribution in [0.2, 0.25) is 0 Å². The molecule has 0 spiro atoms. The van der Waals surface area contributed by atoms with Crippen molar-refractivity contribution in [3.63, 3.8) is 0 Å². The summed E-state index contributed by atoms with van der Waals surface area (Å²) in [6.45, 7) is 4.41. The summed E-state index contributed by atoms with van der Waals surface area (Å²) in [5.74, 6) is 0.589. The molecule has 1 N–H and O–H groups in total. The molecule has 3 aromatic rings. The van der Waals surface area contributed by atoms with Gasteiger partial charge < -0.3 is 4.74 Å². The Balaban J connectivity index is 1.84. The van der Waals surface area contributed by atoms with Crippen molar-refractivity contribution in [2.75, 3.05) is 11.9 Å². The number of rotatable bonds is 4. The summed E-state index contributed by atoms with van der Waals surface area (Å²) in [4.78, 5) is 16.7. The van der Waals surface area contributed by atoms with Crippen LogP contribution in [0.15, 0.2) is 24.3 Å². The molecule has 6 nitrogen and oxygen atoms in total. The van der Waals surface area contributed by atoms with Crippen LogP contribution >= 0.6 is 11.3 Å². The van der Waals surface area contributed by atoms with E-state index in [1.54, 1.807) is 17.8 Å². The van der Waals surface area contributed by atoms with E-state index in [2.05, 4.69) is 15.4 Å². The van der Waals surface area contributed by atoms with Crippen LogP contribution in [0.4, 0.5) is 5.13 Å². The average Bonchev–Trinajstić information content (AvgIpc) is 3.01. The topological polar surface area (TPSA) is 69.0 Å². The van der Waals surface area contributed by atoms with Gasteiger partial charge in [-0.3, -0.25) is 14.8 Å². The number of fused-ring (bicyclic) bond motifs is 1. The lowest BCUT2D eigenvalue weighted by molar-refractivity contribution is 0.101. The Hall–Kier alpha value is -2.41. The minimum atomic E-state index is -0.216. The Morgan fingerprint density at radius 1 is 1.41 bits per heavy atom. The Morgan fingerprint density at radius 3 is 2.91 bits per heavy atom. The number of thiazole rings is 1. The van der Waals surface area contributed by atoms with Gasteiger partial charge >= 0.3 is 0 Å². The smallest absolute Gasteiger partial charge is 0.275 e.